The lowest BCUT2D eigenvalue weighted by Gasteiger charge is -2.14. The molecule has 1 heterocycles. The van der Waals surface area contributed by atoms with E-state index in [4.69, 9.17) is 11.6 Å². The van der Waals surface area contributed by atoms with Crippen molar-refractivity contribution in [1.82, 2.24) is 9.97 Å². The summed E-state index contributed by atoms with van der Waals surface area (Å²) < 4.78 is 28.2. The second-order valence-electron chi connectivity index (χ2n) is 6.48. The van der Waals surface area contributed by atoms with E-state index < -0.39 is 16.0 Å². The van der Waals surface area contributed by atoms with Gasteiger partial charge in [0.05, 0.1) is 21.5 Å². The zero-order valence-corrected chi connectivity index (χ0v) is 17.4. The van der Waals surface area contributed by atoms with E-state index >= 15 is 0 Å². The van der Waals surface area contributed by atoms with Crippen LogP contribution < -0.4 is 10.0 Å². The summed E-state index contributed by atoms with van der Waals surface area (Å²) >= 11 is 5.85. The first-order valence-corrected chi connectivity index (χ1v) is 10.8. The number of hydrogen-bond acceptors (Lipinski definition) is 6. The molecule has 0 radical (unpaired) electrons. The van der Waals surface area contributed by atoms with Gasteiger partial charge in [-0.25, -0.2) is 23.2 Å². The van der Waals surface area contributed by atoms with Gasteiger partial charge in [-0.1, -0.05) is 29.8 Å². The SMILES string of the molecule is O=C(O)c1cccc(Nc2nc3ccccc3nc2NS(=O)(=O)c2ccc(Cl)cc2)c1. The minimum atomic E-state index is -3.98. The number of carboxylic acid groups (broad SMARTS) is 1. The lowest BCUT2D eigenvalue weighted by atomic mass is 10.2. The van der Waals surface area contributed by atoms with E-state index in [0.29, 0.717) is 21.7 Å². The maximum Gasteiger partial charge on any atom is 0.335 e. The minimum absolute atomic E-state index is 0.00526. The van der Waals surface area contributed by atoms with Crippen LogP contribution in [0.2, 0.25) is 5.02 Å². The summed E-state index contributed by atoms with van der Waals surface area (Å²) in [5.74, 6) is -0.995. The molecule has 0 spiro atoms. The summed E-state index contributed by atoms with van der Waals surface area (Å²) in [6.07, 6.45) is 0. The van der Waals surface area contributed by atoms with Crippen LogP contribution in [0.4, 0.5) is 17.3 Å². The van der Waals surface area contributed by atoms with Gasteiger partial charge in [-0.05, 0) is 54.6 Å². The molecule has 0 saturated carbocycles. The zero-order chi connectivity index (χ0) is 22.0. The topological polar surface area (TPSA) is 121 Å². The van der Waals surface area contributed by atoms with Crippen LogP contribution in [0, 0.1) is 0 Å². The Balaban J connectivity index is 1.77. The van der Waals surface area contributed by atoms with Gasteiger partial charge in [-0.3, -0.25) is 4.72 Å². The third-order valence-electron chi connectivity index (χ3n) is 4.30. The molecule has 8 nitrogen and oxygen atoms in total. The fourth-order valence-electron chi connectivity index (χ4n) is 2.83. The summed E-state index contributed by atoms with van der Waals surface area (Å²) in [6.45, 7) is 0. The van der Waals surface area contributed by atoms with Crippen molar-refractivity contribution in [3.63, 3.8) is 0 Å². The lowest BCUT2D eigenvalue weighted by Crippen LogP contribution is -2.16. The van der Waals surface area contributed by atoms with E-state index in [-0.39, 0.29) is 22.1 Å². The number of carbonyl (C=O) groups is 1. The molecule has 0 aliphatic heterocycles. The molecule has 0 aliphatic rings. The average molecular weight is 455 g/mol. The molecule has 4 aromatic rings. The van der Waals surface area contributed by atoms with Crippen molar-refractivity contribution in [1.29, 1.82) is 0 Å². The fourth-order valence-corrected chi connectivity index (χ4v) is 3.96. The second-order valence-corrected chi connectivity index (χ2v) is 8.60. The number of aromatic carboxylic acids is 1. The summed E-state index contributed by atoms with van der Waals surface area (Å²) in [5, 5.41) is 12.6. The van der Waals surface area contributed by atoms with Gasteiger partial charge >= 0.3 is 5.97 Å². The Morgan fingerprint density at radius 3 is 2.16 bits per heavy atom. The fraction of sp³-hybridized carbons (Fsp3) is 0. The second kappa shape index (κ2) is 8.21. The maximum atomic E-state index is 12.9. The lowest BCUT2D eigenvalue weighted by molar-refractivity contribution is 0.0697. The highest BCUT2D eigenvalue weighted by Gasteiger charge is 2.19. The van der Waals surface area contributed by atoms with Crippen LogP contribution in [-0.4, -0.2) is 29.5 Å². The first-order valence-electron chi connectivity index (χ1n) is 8.97. The van der Waals surface area contributed by atoms with E-state index in [1.807, 2.05) is 0 Å². The molecule has 10 heteroatoms. The van der Waals surface area contributed by atoms with Gasteiger partial charge in [-0.2, -0.15) is 0 Å². The Bertz CT molecular complexity index is 1390. The monoisotopic (exact) mass is 454 g/mol. The van der Waals surface area contributed by atoms with Crippen LogP contribution in [0.3, 0.4) is 0 Å². The number of carboxylic acids is 1. The molecular formula is C21H15ClN4O4S. The Morgan fingerprint density at radius 1 is 0.871 bits per heavy atom. The molecule has 3 N–H and O–H groups in total. The molecule has 0 atom stereocenters. The number of rotatable bonds is 6. The Labute approximate surface area is 182 Å². The van der Waals surface area contributed by atoms with Crippen molar-refractivity contribution in [3.05, 3.63) is 83.4 Å². The molecule has 0 unspecified atom stereocenters. The van der Waals surface area contributed by atoms with Gasteiger partial charge < -0.3 is 10.4 Å². The highest BCUT2D eigenvalue weighted by Crippen LogP contribution is 2.27. The van der Waals surface area contributed by atoms with Crippen molar-refractivity contribution in [2.75, 3.05) is 10.0 Å². The van der Waals surface area contributed by atoms with Crippen molar-refractivity contribution in [3.8, 4) is 0 Å². The van der Waals surface area contributed by atoms with Crippen LogP contribution in [0.1, 0.15) is 10.4 Å². The Morgan fingerprint density at radius 2 is 1.52 bits per heavy atom. The molecule has 156 valence electrons. The summed E-state index contributed by atoms with van der Waals surface area (Å²) in [4.78, 5) is 20.1. The quantitative estimate of drug-likeness (QED) is 0.391. The van der Waals surface area contributed by atoms with E-state index in [1.54, 1.807) is 36.4 Å². The number of nitrogens with one attached hydrogen (secondary N) is 2. The number of para-hydroxylation sites is 2. The molecule has 3 aromatic carbocycles. The Hall–Kier alpha value is -3.69. The van der Waals surface area contributed by atoms with Crippen LogP contribution in [0.5, 0.6) is 0 Å². The van der Waals surface area contributed by atoms with Gasteiger partial charge in [-0.15, -0.1) is 0 Å². The number of aromatic nitrogens is 2. The number of halogens is 1. The van der Waals surface area contributed by atoms with Crippen LogP contribution in [0.15, 0.2) is 77.7 Å². The summed E-state index contributed by atoms with van der Waals surface area (Å²) in [7, 11) is -3.98. The van der Waals surface area contributed by atoms with E-state index in [0.717, 1.165) is 0 Å². The van der Waals surface area contributed by atoms with Crippen LogP contribution in [0.25, 0.3) is 11.0 Å². The van der Waals surface area contributed by atoms with E-state index in [2.05, 4.69) is 20.0 Å². The largest absolute Gasteiger partial charge is 0.478 e. The number of hydrogen-bond donors (Lipinski definition) is 3. The average Bonchev–Trinajstić information content (AvgIpc) is 2.74. The number of nitrogens with zero attached hydrogens (tertiary/aromatic N) is 2. The Kier molecular flexibility index (Phi) is 5.45. The standard InChI is InChI=1S/C21H15ClN4O4S/c22-14-8-10-16(11-9-14)31(29,30)26-20-19(24-17-6-1-2-7-18(17)25-20)23-15-5-3-4-13(12-15)21(27)28/h1-12H,(H,23,24)(H,25,26)(H,27,28). The molecule has 0 amide bonds. The first kappa shape index (κ1) is 20.6. The zero-order valence-electron chi connectivity index (χ0n) is 15.8. The predicted octanol–water partition coefficient (Wildman–Crippen LogP) is 4.53. The molecule has 31 heavy (non-hydrogen) atoms. The van der Waals surface area contributed by atoms with E-state index in [9.17, 15) is 18.3 Å². The van der Waals surface area contributed by atoms with Crippen LogP contribution in [-0.2, 0) is 10.0 Å². The maximum absolute atomic E-state index is 12.9. The third kappa shape index (κ3) is 4.57. The smallest absolute Gasteiger partial charge is 0.335 e. The van der Waals surface area contributed by atoms with Gasteiger partial charge in [0, 0.05) is 10.7 Å². The van der Waals surface area contributed by atoms with Crippen LogP contribution >= 0.6 is 11.6 Å². The third-order valence-corrected chi connectivity index (χ3v) is 5.90. The molecule has 1 aromatic heterocycles. The first-order chi connectivity index (χ1) is 14.8. The highest BCUT2D eigenvalue weighted by atomic mass is 35.5. The van der Waals surface area contributed by atoms with Gasteiger partial charge in [0.15, 0.2) is 11.6 Å². The van der Waals surface area contributed by atoms with Gasteiger partial charge in [0.2, 0.25) is 0 Å². The van der Waals surface area contributed by atoms with Crippen molar-refractivity contribution >= 4 is 56.0 Å². The van der Waals surface area contributed by atoms with E-state index in [1.165, 1.54) is 36.4 Å². The molecule has 0 bridgehead atoms. The molecule has 0 fully saturated rings. The highest BCUT2D eigenvalue weighted by molar-refractivity contribution is 7.92. The summed E-state index contributed by atoms with van der Waals surface area (Å²) in [5.41, 5.74) is 1.51. The van der Waals surface area contributed by atoms with Gasteiger partial charge in [0.25, 0.3) is 10.0 Å². The molecule has 0 aliphatic carbocycles. The predicted molar refractivity (Wildman–Crippen MR) is 118 cm³/mol. The molecular weight excluding hydrogens is 440 g/mol. The normalized spacial score (nSPS) is 11.3. The van der Waals surface area contributed by atoms with Gasteiger partial charge in [0.1, 0.15) is 0 Å². The number of anilines is 3. The summed E-state index contributed by atoms with van der Waals surface area (Å²) in [6, 6.07) is 18.7. The number of fused-ring (bicyclic) bond motifs is 1. The van der Waals surface area contributed by atoms with Crippen molar-refractivity contribution in [2.45, 2.75) is 4.90 Å². The molecule has 0 saturated heterocycles. The molecule has 4 rings (SSSR count). The van der Waals surface area contributed by atoms with Crippen molar-refractivity contribution < 1.29 is 18.3 Å². The minimum Gasteiger partial charge on any atom is -0.478 e. The number of benzene rings is 3. The number of sulfonamides is 1. The van der Waals surface area contributed by atoms with Crippen molar-refractivity contribution in [2.24, 2.45) is 0 Å².